The maximum absolute atomic E-state index is 14.1. The minimum Gasteiger partial charge on any atom is -0.465 e. The first-order valence-corrected chi connectivity index (χ1v) is 8.37. The maximum atomic E-state index is 14.1. The van der Waals surface area contributed by atoms with Crippen molar-refractivity contribution in [1.82, 2.24) is 9.97 Å². The van der Waals surface area contributed by atoms with Crippen LogP contribution in [0.25, 0.3) is 11.6 Å². The average molecular weight is 368 g/mol. The molecule has 3 N–H and O–H groups in total. The molecule has 1 amide bonds. The molecule has 3 heterocycles. The molecule has 9 heteroatoms. The van der Waals surface area contributed by atoms with Gasteiger partial charge >= 0.3 is 6.09 Å². The van der Waals surface area contributed by atoms with Gasteiger partial charge in [-0.2, -0.15) is 4.98 Å². The highest BCUT2D eigenvalue weighted by Crippen LogP contribution is 2.37. The van der Waals surface area contributed by atoms with E-state index in [0.717, 1.165) is 22.8 Å². The lowest BCUT2D eigenvalue weighted by molar-refractivity contribution is 0.209. The van der Waals surface area contributed by atoms with Crippen LogP contribution >= 0.6 is 0 Å². The molecule has 0 bridgehead atoms. The highest BCUT2D eigenvalue weighted by molar-refractivity contribution is 6.36. The highest BCUT2D eigenvalue weighted by Gasteiger charge is 2.31. The van der Waals surface area contributed by atoms with Gasteiger partial charge in [0.25, 0.3) is 0 Å². The summed E-state index contributed by atoms with van der Waals surface area (Å²) in [7, 11) is 1.75. The molecule has 0 atom stereocenters. The zero-order chi connectivity index (χ0) is 19.1. The number of hydrogen-bond donors (Lipinski definition) is 3. The number of aromatic nitrogens is 2. The monoisotopic (exact) mass is 368 g/mol. The molecule has 1 aromatic heterocycles. The predicted octanol–water partition coefficient (Wildman–Crippen LogP) is 2.83. The Balaban J connectivity index is 1.88. The Hall–Kier alpha value is -3.49. The van der Waals surface area contributed by atoms with Gasteiger partial charge in [0.2, 0.25) is 5.95 Å². The van der Waals surface area contributed by atoms with Crippen molar-refractivity contribution >= 4 is 41.0 Å². The summed E-state index contributed by atoms with van der Waals surface area (Å²) < 4.78 is 14.1. The lowest BCUT2D eigenvalue weighted by Crippen LogP contribution is -2.32. The van der Waals surface area contributed by atoms with Gasteiger partial charge in [0.1, 0.15) is 17.5 Å². The average Bonchev–Trinajstić information content (AvgIpc) is 3.13. The highest BCUT2D eigenvalue weighted by atomic mass is 19.1. The zero-order valence-corrected chi connectivity index (χ0v) is 14.7. The van der Waals surface area contributed by atoms with Crippen molar-refractivity contribution in [2.45, 2.75) is 6.92 Å². The Bertz CT molecular complexity index is 1020. The molecule has 138 valence electrons. The van der Waals surface area contributed by atoms with Gasteiger partial charge in [-0.15, -0.1) is 0 Å². The lowest BCUT2D eigenvalue weighted by Gasteiger charge is -2.28. The van der Waals surface area contributed by atoms with E-state index in [1.54, 1.807) is 20.2 Å². The molecule has 2 aliphatic rings. The van der Waals surface area contributed by atoms with E-state index in [4.69, 9.17) is 5.11 Å². The van der Waals surface area contributed by atoms with Crippen LogP contribution in [0.1, 0.15) is 16.7 Å². The van der Waals surface area contributed by atoms with Crippen LogP contribution in [0, 0.1) is 12.7 Å². The molecule has 8 nitrogen and oxygen atoms in total. The van der Waals surface area contributed by atoms with E-state index >= 15 is 0 Å². The van der Waals surface area contributed by atoms with Crippen molar-refractivity contribution in [2.24, 2.45) is 4.99 Å². The SMILES string of the molecule is CNc1ncc2c(n1)N1CCN=C1C(c1cc(NC(=O)O)c(F)cc1C)=C2. The third-order valence-electron chi connectivity index (χ3n) is 4.50. The van der Waals surface area contributed by atoms with Crippen molar-refractivity contribution in [3.63, 3.8) is 0 Å². The van der Waals surface area contributed by atoms with Crippen LogP contribution in [0.2, 0.25) is 0 Å². The number of amidine groups is 1. The van der Waals surface area contributed by atoms with E-state index in [-0.39, 0.29) is 5.69 Å². The van der Waals surface area contributed by atoms with Crippen LogP contribution in [-0.4, -0.2) is 47.1 Å². The minimum absolute atomic E-state index is 0.0956. The lowest BCUT2D eigenvalue weighted by atomic mass is 9.94. The fraction of sp³-hybridized carbons (Fsp3) is 0.222. The normalized spacial score (nSPS) is 14.9. The number of halogens is 1. The van der Waals surface area contributed by atoms with Gasteiger partial charge in [0, 0.05) is 30.9 Å². The van der Waals surface area contributed by atoms with Crippen LogP contribution in [0.15, 0.2) is 23.3 Å². The van der Waals surface area contributed by atoms with Crippen molar-refractivity contribution in [2.75, 3.05) is 35.7 Å². The number of amides is 1. The Morgan fingerprint density at radius 2 is 2.19 bits per heavy atom. The molecule has 0 aliphatic carbocycles. The molecular formula is C18H17FN6O2. The van der Waals surface area contributed by atoms with E-state index in [1.165, 1.54) is 12.1 Å². The van der Waals surface area contributed by atoms with E-state index in [0.29, 0.717) is 30.2 Å². The second-order valence-electron chi connectivity index (χ2n) is 6.21. The van der Waals surface area contributed by atoms with Gasteiger partial charge in [0.15, 0.2) is 0 Å². The molecular weight excluding hydrogens is 351 g/mol. The standard InChI is InChI=1S/C18H17FN6O2/c1-9-5-13(19)14(23-18(26)27)7-11(9)12-6-10-8-22-17(20-2)24-15(10)25-4-3-21-16(12)25/h5-8,23H,3-4H2,1-2H3,(H,26,27)(H,20,22,24). The smallest absolute Gasteiger partial charge is 0.409 e. The fourth-order valence-electron chi connectivity index (χ4n) is 3.30. The van der Waals surface area contributed by atoms with Crippen LogP contribution in [-0.2, 0) is 0 Å². The third-order valence-corrected chi connectivity index (χ3v) is 4.50. The molecule has 0 saturated heterocycles. The number of hydrogen-bond acceptors (Lipinski definition) is 6. The quantitative estimate of drug-likeness (QED) is 0.770. The zero-order valence-electron chi connectivity index (χ0n) is 14.7. The summed E-state index contributed by atoms with van der Waals surface area (Å²) in [4.78, 5) is 26.3. The molecule has 0 spiro atoms. The number of nitrogens with zero attached hydrogens (tertiary/aromatic N) is 4. The summed E-state index contributed by atoms with van der Waals surface area (Å²) in [5.41, 5.74) is 2.89. The van der Waals surface area contributed by atoms with Crippen molar-refractivity contribution in [3.05, 3.63) is 40.8 Å². The first kappa shape index (κ1) is 17.0. The summed E-state index contributed by atoms with van der Waals surface area (Å²) in [6.45, 7) is 3.07. The number of aryl methyl sites for hydroxylation is 1. The number of carboxylic acid groups (broad SMARTS) is 1. The predicted molar refractivity (Wildman–Crippen MR) is 102 cm³/mol. The van der Waals surface area contributed by atoms with Crippen LogP contribution in [0.4, 0.5) is 26.6 Å². The summed E-state index contributed by atoms with van der Waals surface area (Å²) in [5.74, 6) is 1.39. The molecule has 0 fully saturated rings. The van der Waals surface area contributed by atoms with Gasteiger partial charge in [-0.05, 0) is 36.3 Å². The first-order chi connectivity index (χ1) is 13.0. The van der Waals surface area contributed by atoms with E-state index < -0.39 is 11.9 Å². The van der Waals surface area contributed by atoms with E-state index in [9.17, 15) is 9.18 Å². The minimum atomic E-state index is -1.32. The Kier molecular flexibility index (Phi) is 3.98. The number of anilines is 3. The first-order valence-electron chi connectivity index (χ1n) is 8.37. The second kappa shape index (κ2) is 6.35. The van der Waals surface area contributed by atoms with Gasteiger partial charge < -0.3 is 15.3 Å². The number of benzene rings is 1. The topological polar surface area (TPSA) is 103 Å². The van der Waals surface area contributed by atoms with Gasteiger partial charge in [-0.3, -0.25) is 10.3 Å². The Morgan fingerprint density at radius 3 is 2.93 bits per heavy atom. The van der Waals surface area contributed by atoms with Crippen LogP contribution in [0.5, 0.6) is 0 Å². The number of aliphatic imine (C=N–C) groups is 1. The maximum Gasteiger partial charge on any atom is 0.409 e. The Morgan fingerprint density at radius 1 is 1.37 bits per heavy atom. The van der Waals surface area contributed by atoms with Crippen LogP contribution < -0.4 is 15.5 Å². The summed E-state index contributed by atoms with van der Waals surface area (Å²) in [5, 5.41) is 14.0. The van der Waals surface area contributed by atoms with Crippen molar-refractivity contribution < 1.29 is 14.3 Å². The fourth-order valence-corrected chi connectivity index (χ4v) is 3.30. The number of nitrogens with one attached hydrogen (secondary N) is 2. The van der Waals surface area contributed by atoms with E-state index in [2.05, 4.69) is 25.6 Å². The molecule has 2 aliphatic heterocycles. The number of rotatable bonds is 3. The molecule has 0 unspecified atom stereocenters. The number of fused-ring (bicyclic) bond motifs is 3. The largest absolute Gasteiger partial charge is 0.465 e. The van der Waals surface area contributed by atoms with Gasteiger partial charge in [-0.25, -0.2) is 14.2 Å². The van der Waals surface area contributed by atoms with Crippen LogP contribution in [0.3, 0.4) is 0 Å². The van der Waals surface area contributed by atoms with Gasteiger partial charge in [-0.1, -0.05) is 0 Å². The molecule has 27 heavy (non-hydrogen) atoms. The molecule has 0 saturated carbocycles. The molecule has 0 radical (unpaired) electrons. The van der Waals surface area contributed by atoms with E-state index in [1.807, 2.05) is 11.0 Å². The number of carbonyl (C=O) groups is 1. The summed E-state index contributed by atoms with van der Waals surface area (Å²) in [6.07, 6.45) is 2.30. The van der Waals surface area contributed by atoms with Gasteiger partial charge in [0.05, 0.1) is 12.2 Å². The molecule has 4 rings (SSSR count). The van der Waals surface area contributed by atoms with Crippen molar-refractivity contribution in [3.8, 4) is 0 Å². The Labute approximate surface area is 154 Å². The summed E-state index contributed by atoms with van der Waals surface area (Å²) >= 11 is 0. The summed E-state index contributed by atoms with van der Waals surface area (Å²) in [6, 6.07) is 2.81. The van der Waals surface area contributed by atoms with Crippen molar-refractivity contribution in [1.29, 1.82) is 0 Å². The second-order valence-corrected chi connectivity index (χ2v) is 6.21. The molecule has 2 aromatic rings. The third kappa shape index (κ3) is 2.86. The molecule has 1 aromatic carbocycles.